The predicted octanol–water partition coefficient (Wildman–Crippen LogP) is 1.80. The van der Waals surface area contributed by atoms with Crippen LogP contribution in [-0.2, 0) is 16.6 Å². The molecule has 1 heterocycles. The molecule has 5 heteroatoms. The van der Waals surface area contributed by atoms with E-state index in [0.717, 1.165) is 22.9 Å². The Morgan fingerprint density at radius 2 is 1.83 bits per heavy atom. The highest BCUT2D eigenvalue weighted by molar-refractivity contribution is 7.88. The molecular formula is C13H14N2O2S. The van der Waals surface area contributed by atoms with Crippen molar-refractivity contribution in [2.24, 2.45) is 0 Å². The van der Waals surface area contributed by atoms with E-state index in [9.17, 15) is 8.42 Å². The highest BCUT2D eigenvalue weighted by atomic mass is 32.2. The van der Waals surface area contributed by atoms with Crippen LogP contribution < -0.4 is 4.72 Å². The smallest absolute Gasteiger partial charge is 0.209 e. The van der Waals surface area contributed by atoms with Gasteiger partial charge < -0.3 is 0 Å². The van der Waals surface area contributed by atoms with E-state index in [1.807, 2.05) is 36.4 Å². The van der Waals surface area contributed by atoms with Crippen LogP contribution in [0.2, 0.25) is 0 Å². The van der Waals surface area contributed by atoms with Crippen molar-refractivity contribution < 1.29 is 8.42 Å². The lowest BCUT2D eigenvalue weighted by Crippen LogP contribution is -2.21. The first-order valence-electron chi connectivity index (χ1n) is 5.48. The number of sulfonamides is 1. The number of nitrogens with zero attached hydrogens (tertiary/aromatic N) is 1. The van der Waals surface area contributed by atoms with Gasteiger partial charge in [0, 0.05) is 18.9 Å². The van der Waals surface area contributed by atoms with Crippen molar-refractivity contribution in [3.05, 3.63) is 54.4 Å². The summed E-state index contributed by atoms with van der Waals surface area (Å²) in [4.78, 5) is 4.06. The number of benzene rings is 1. The van der Waals surface area contributed by atoms with Crippen LogP contribution in [0.4, 0.5) is 0 Å². The van der Waals surface area contributed by atoms with Crippen LogP contribution in [0.5, 0.6) is 0 Å². The minimum absolute atomic E-state index is 0.312. The summed E-state index contributed by atoms with van der Waals surface area (Å²) in [5.74, 6) is 0. The maximum Gasteiger partial charge on any atom is 0.209 e. The zero-order valence-corrected chi connectivity index (χ0v) is 10.8. The number of nitrogens with one attached hydrogen (secondary N) is 1. The molecule has 0 aliphatic heterocycles. The van der Waals surface area contributed by atoms with Gasteiger partial charge in [-0.25, -0.2) is 13.1 Å². The standard InChI is InChI=1S/C13H14N2O2S/c1-18(16,17)15-9-11-4-6-12(7-5-11)13-3-2-8-14-10-13/h2-8,10,15H,9H2,1H3. The third-order valence-corrected chi connectivity index (χ3v) is 3.16. The van der Waals surface area contributed by atoms with Gasteiger partial charge >= 0.3 is 0 Å². The van der Waals surface area contributed by atoms with E-state index in [1.165, 1.54) is 0 Å². The first-order valence-corrected chi connectivity index (χ1v) is 7.38. The van der Waals surface area contributed by atoms with Crippen molar-refractivity contribution in [1.82, 2.24) is 9.71 Å². The molecule has 2 rings (SSSR count). The van der Waals surface area contributed by atoms with E-state index in [1.54, 1.807) is 12.4 Å². The van der Waals surface area contributed by atoms with Gasteiger partial charge in [0.25, 0.3) is 0 Å². The topological polar surface area (TPSA) is 59.1 Å². The van der Waals surface area contributed by atoms with Crippen LogP contribution >= 0.6 is 0 Å². The minimum atomic E-state index is -3.14. The quantitative estimate of drug-likeness (QED) is 0.914. The van der Waals surface area contributed by atoms with Crippen LogP contribution in [0.1, 0.15) is 5.56 Å². The molecule has 0 saturated heterocycles. The van der Waals surface area contributed by atoms with Gasteiger partial charge in [0.15, 0.2) is 0 Å². The fourth-order valence-electron chi connectivity index (χ4n) is 1.56. The van der Waals surface area contributed by atoms with Crippen LogP contribution in [-0.4, -0.2) is 19.7 Å². The molecule has 4 nitrogen and oxygen atoms in total. The summed E-state index contributed by atoms with van der Waals surface area (Å²) < 4.78 is 24.4. The number of hydrogen-bond donors (Lipinski definition) is 1. The Labute approximate surface area is 107 Å². The molecule has 0 amide bonds. The third-order valence-electron chi connectivity index (χ3n) is 2.49. The lowest BCUT2D eigenvalue weighted by Gasteiger charge is -2.04. The van der Waals surface area contributed by atoms with Gasteiger partial charge in [-0.3, -0.25) is 4.98 Å². The summed E-state index contributed by atoms with van der Waals surface area (Å²) in [7, 11) is -3.14. The second-order valence-electron chi connectivity index (χ2n) is 4.03. The molecule has 0 saturated carbocycles. The van der Waals surface area contributed by atoms with Gasteiger partial charge in [-0.2, -0.15) is 0 Å². The molecule has 1 aromatic carbocycles. The Kier molecular flexibility index (Phi) is 3.74. The van der Waals surface area contributed by atoms with Gasteiger partial charge in [0.2, 0.25) is 10.0 Å². The summed E-state index contributed by atoms with van der Waals surface area (Å²) in [6.45, 7) is 0.312. The molecule has 0 aliphatic rings. The molecule has 0 radical (unpaired) electrons. The van der Waals surface area contributed by atoms with E-state index >= 15 is 0 Å². The normalized spacial score (nSPS) is 11.4. The zero-order valence-electron chi connectivity index (χ0n) is 10.00. The van der Waals surface area contributed by atoms with Crippen LogP contribution in [0, 0.1) is 0 Å². The van der Waals surface area contributed by atoms with Gasteiger partial charge in [0.1, 0.15) is 0 Å². The van der Waals surface area contributed by atoms with E-state index in [4.69, 9.17) is 0 Å². The Hall–Kier alpha value is -1.72. The van der Waals surface area contributed by atoms with Crippen molar-refractivity contribution in [3.8, 4) is 11.1 Å². The summed E-state index contributed by atoms with van der Waals surface area (Å²) in [6.07, 6.45) is 4.68. The van der Waals surface area contributed by atoms with E-state index in [0.29, 0.717) is 6.54 Å². The third kappa shape index (κ3) is 3.65. The summed E-state index contributed by atoms with van der Waals surface area (Å²) in [5.41, 5.74) is 3.03. The molecule has 18 heavy (non-hydrogen) atoms. The van der Waals surface area contributed by atoms with Crippen molar-refractivity contribution in [1.29, 1.82) is 0 Å². The molecule has 1 aromatic heterocycles. The number of rotatable bonds is 4. The summed E-state index contributed by atoms with van der Waals surface area (Å²) >= 11 is 0. The Balaban J connectivity index is 2.11. The zero-order chi connectivity index (χ0) is 13.0. The first-order chi connectivity index (χ1) is 8.54. The average Bonchev–Trinajstić information content (AvgIpc) is 2.37. The number of pyridine rings is 1. The van der Waals surface area contributed by atoms with Gasteiger partial charge in [-0.15, -0.1) is 0 Å². The first kappa shape index (κ1) is 12.7. The molecule has 0 fully saturated rings. The van der Waals surface area contributed by atoms with Crippen LogP contribution in [0.3, 0.4) is 0 Å². The summed E-state index contributed by atoms with van der Waals surface area (Å²) in [6, 6.07) is 11.6. The highest BCUT2D eigenvalue weighted by Gasteiger charge is 2.01. The Morgan fingerprint density at radius 1 is 1.11 bits per heavy atom. The number of aromatic nitrogens is 1. The van der Waals surface area contributed by atoms with E-state index in [2.05, 4.69) is 9.71 Å². The van der Waals surface area contributed by atoms with Crippen LogP contribution in [0.25, 0.3) is 11.1 Å². The van der Waals surface area contributed by atoms with Gasteiger partial charge in [-0.1, -0.05) is 30.3 Å². The van der Waals surface area contributed by atoms with Crippen molar-refractivity contribution in [2.45, 2.75) is 6.54 Å². The Morgan fingerprint density at radius 3 is 2.39 bits per heavy atom. The second kappa shape index (κ2) is 5.29. The maximum atomic E-state index is 11.0. The molecule has 0 spiro atoms. The minimum Gasteiger partial charge on any atom is -0.264 e. The highest BCUT2D eigenvalue weighted by Crippen LogP contribution is 2.18. The second-order valence-corrected chi connectivity index (χ2v) is 5.86. The molecule has 2 aromatic rings. The SMILES string of the molecule is CS(=O)(=O)NCc1ccc(-c2cccnc2)cc1. The van der Waals surface area contributed by atoms with Crippen molar-refractivity contribution in [2.75, 3.05) is 6.26 Å². The maximum absolute atomic E-state index is 11.0. The van der Waals surface area contributed by atoms with Crippen molar-refractivity contribution >= 4 is 10.0 Å². The molecule has 0 bridgehead atoms. The molecule has 0 unspecified atom stereocenters. The molecule has 1 N–H and O–H groups in total. The lowest BCUT2D eigenvalue weighted by molar-refractivity contribution is 0.587. The fraction of sp³-hybridized carbons (Fsp3) is 0.154. The van der Waals surface area contributed by atoms with E-state index < -0.39 is 10.0 Å². The molecule has 94 valence electrons. The van der Waals surface area contributed by atoms with Crippen molar-refractivity contribution in [3.63, 3.8) is 0 Å². The molecular weight excluding hydrogens is 248 g/mol. The monoisotopic (exact) mass is 262 g/mol. The molecule has 0 aliphatic carbocycles. The fourth-order valence-corrected chi connectivity index (χ4v) is 1.99. The lowest BCUT2D eigenvalue weighted by atomic mass is 10.1. The Bertz CT molecular complexity index is 607. The van der Waals surface area contributed by atoms with Crippen LogP contribution in [0.15, 0.2) is 48.8 Å². The van der Waals surface area contributed by atoms with E-state index in [-0.39, 0.29) is 0 Å². The average molecular weight is 262 g/mol. The largest absolute Gasteiger partial charge is 0.264 e. The van der Waals surface area contributed by atoms with Gasteiger partial charge in [0.05, 0.1) is 6.26 Å². The van der Waals surface area contributed by atoms with Gasteiger partial charge in [-0.05, 0) is 22.8 Å². The predicted molar refractivity (Wildman–Crippen MR) is 71.4 cm³/mol. The molecule has 0 atom stereocenters. The summed E-state index contributed by atoms with van der Waals surface area (Å²) in [5, 5.41) is 0. The number of hydrogen-bond acceptors (Lipinski definition) is 3.